The molecule has 0 aromatic heterocycles. The number of halogens is 1. The van der Waals surface area contributed by atoms with Crippen LogP contribution in [0.1, 0.15) is 12.8 Å². The van der Waals surface area contributed by atoms with E-state index in [9.17, 15) is 8.42 Å². The summed E-state index contributed by atoms with van der Waals surface area (Å²) in [6.07, 6.45) is 1.07. The van der Waals surface area contributed by atoms with Crippen molar-refractivity contribution in [3.63, 3.8) is 0 Å². The Balaban J connectivity index is 2.40. The van der Waals surface area contributed by atoms with Gasteiger partial charge in [0.15, 0.2) is 9.84 Å². The van der Waals surface area contributed by atoms with Crippen LogP contribution in [0.2, 0.25) is 0 Å². The van der Waals surface area contributed by atoms with Gasteiger partial charge in [0.05, 0.1) is 15.8 Å². The summed E-state index contributed by atoms with van der Waals surface area (Å²) in [5.74, 6) is 0. The topological polar surface area (TPSA) is 69.4 Å². The van der Waals surface area contributed by atoms with Crippen LogP contribution < -0.4 is 5.73 Å². The largest absolute Gasteiger partial charge is 0.398 e. The molecule has 1 aliphatic heterocycles. The molecule has 1 aliphatic rings. The van der Waals surface area contributed by atoms with Gasteiger partial charge in [0.2, 0.25) is 0 Å². The van der Waals surface area contributed by atoms with Gasteiger partial charge in [-0.2, -0.15) is 0 Å². The van der Waals surface area contributed by atoms with E-state index in [0.29, 0.717) is 31.7 Å². The molecule has 2 rings (SSSR count). The number of anilines is 1. The third-order valence-corrected chi connectivity index (χ3v) is 5.70. The highest BCUT2D eigenvalue weighted by atomic mass is 79.9. The molecule has 0 radical (unpaired) electrons. The van der Waals surface area contributed by atoms with Crippen LogP contribution in [-0.4, -0.2) is 26.9 Å². The molecular formula is C11H14BrNO3S. The molecule has 0 aliphatic carbocycles. The second-order valence-corrected chi connectivity index (χ2v) is 7.15. The van der Waals surface area contributed by atoms with E-state index >= 15 is 0 Å². The van der Waals surface area contributed by atoms with Crippen LogP contribution in [0.4, 0.5) is 5.69 Å². The Morgan fingerprint density at radius 3 is 2.59 bits per heavy atom. The first-order chi connectivity index (χ1) is 8.01. The van der Waals surface area contributed by atoms with Crippen molar-refractivity contribution in [2.75, 3.05) is 18.9 Å². The number of hydrogen-bond acceptors (Lipinski definition) is 4. The Labute approximate surface area is 109 Å². The minimum atomic E-state index is -3.35. The van der Waals surface area contributed by atoms with E-state index in [1.54, 1.807) is 18.2 Å². The number of nitrogen functional groups attached to an aromatic ring is 1. The van der Waals surface area contributed by atoms with Crippen LogP contribution >= 0.6 is 15.9 Å². The number of ether oxygens (including phenoxy) is 1. The SMILES string of the molecule is Nc1ccc(Br)cc1S(=O)(=O)C1CCOCC1. The molecule has 1 fully saturated rings. The first kappa shape index (κ1) is 12.9. The standard InChI is InChI=1S/C11H14BrNO3S/c12-8-1-2-10(13)11(7-8)17(14,15)9-3-5-16-6-4-9/h1-2,7,9H,3-6,13H2. The third-order valence-electron chi connectivity index (χ3n) is 2.89. The number of hydrogen-bond donors (Lipinski definition) is 1. The minimum Gasteiger partial charge on any atom is -0.398 e. The van der Waals surface area contributed by atoms with Crippen LogP contribution in [0, 0.1) is 0 Å². The van der Waals surface area contributed by atoms with Crippen molar-refractivity contribution in [1.29, 1.82) is 0 Å². The first-order valence-electron chi connectivity index (χ1n) is 5.38. The Morgan fingerprint density at radius 2 is 1.94 bits per heavy atom. The molecule has 1 heterocycles. The zero-order chi connectivity index (χ0) is 12.5. The summed E-state index contributed by atoms with van der Waals surface area (Å²) >= 11 is 3.27. The Kier molecular flexibility index (Phi) is 3.75. The Hall–Kier alpha value is -0.590. The predicted octanol–water partition coefficient (Wildman–Crippen LogP) is 1.98. The highest BCUT2D eigenvalue weighted by Crippen LogP contribution is 2.29. The Morgan fingerprint density at radius 1 is 1.29 bits per heavy atom. The number of nitrogens with two attached hydrogens (primary N) is 1. The summed E-state index contributed by atoms with van der Waals surface area (Å²) in [5.41, 5.74) is 6.06. The van der Waals surface area contributed by atoms with Crippen LogP contribution in [0.3, 0.4) is 0 Å². The van der Waals surface area contributed by atoms with Crippen molar-refractivity contribution in [2.45, 2.75) is 23.0 Å². The van der Waals surface area contributed by atoms with Gasteiger partial charge in [-0.15, -0.1) is 0 Å². The van der Waals surface area contributed by atoms with E-state index in [0.717, 1.165) is 4.47 Å². The number of rotatable bonds is 2. The van der Waals surface area contributed by atoms with Gasteiger partial charge in [0.1, 0.15) is 0 Å². The number of sulfone groups is 1. The lowest BCUT2D eigenvalue weighted by molar-refractivity contribution is 0.0983. The van der Waals surface area contributed by atoms with Crippen molar-refractivity contribution < 1.29 is 13.2 Å². The molecule has 0 amide bonds. The normalized spacial score (nSPS) is 18.2. The summed E-state index contributed by atoms with van der Waals surface area (Å²) in [7, 11) is -3.35. The summed E-state index contributed by atoms with van der Waals surface area (Å²) in [6, 6.07) is 4.91. The fourth-order valence-corrected chi connectivity index (χ4v) is 4.29. The lowest BCUT2D eigenvalue weighted by Crippen LogP contribution is -2.29. The van der Waals surface area contributed by atoms with E-state index in [2.05, 4.69) is 15.9 Å². The van der Waals surface area contributed by atoms with Crippen LogP contribution in [0.5, 0.6) is 0 Å². The monoisotopic (exact) mass is 319 g/mol. The van der Waals surface area contributed by atoms with Gasteiger partial charge in [-0.1, -0.05) is 15.9 Å². The smallest absolute Gasteiger partial charge is 0.183 e. The van der Waals surface area contributed by atoms with E-state index in [1.165, 1.54) is 0 Å². The van der Waals surface area contributed by atoms with Gasteiger partial charge in [0.25, 0.3) is 0 Å². The van der Waals surface area contributed by atoms with Gasteiger partial charge in [-0.25, -0.2) is 8.42 Å². The maximum Gasteiger partial charge on any atom is 0.183 e. The van der Waals surface area contributed by atoms with E-state index in [1.807, 2.05) is 0 Å². The van der Waals surface area contributed by atoms with E-state index in [4.69, 9.17) is 10.5 Å². The zero-order valence-corrected chi connectivity index (χ0v) is 11.6. The van der Waals surface area contributed by atoms with E-state index < -0.39 is 9.84 Å². The molecule has 94 valence electrons. The van der Waals surface area contributed by atoms with Gasteiger partial charge in [-0.3, -0.25) is 0 Å². The van der Waals surface area contributed by atoms with Crippen molar-refractivity contribution in [1.82, 2.24) is 0 Å². The molecule has 0 unspecified atom stereocenters. The quantitative estimate of drug-likeness (QED) is 0.846. The second kappa shape index (κ2) is 4.96. The fourth-order valence-electron chi connectivity index (χ4n) is 1.92. The number of benzene rings is 1. The maximum atomic E-state index is 12.4. The predicted molar refractivity (Wildman–Crippen MR) is 69.6 cm³/mol. The lowest BCUT2D eigenvalue weighted by atomic mass is 10.2. The van der Waals surface area contributed by atoms with Gasteiger partial charge in [0, 0.05) is 17.7 Å². The van der Waals surface area contributed by atoms with E-state index in [-0.39, 0.29) is 10.1 Å². The highest BCUT2D eigenvalue weighted by Gasteiger charge is 2.30. The molecule has 6 heteroatoms. The average Bonchev–Trinajstić information content (AvgIpc) is 2.33. The van der Waals surface area contributed by atoms with Crippen molar-refractivity contribution >= 4 is 31.5 Å². The molecule has 0 atom stereocenters. The molecule has 1 aromatic rings. The summed E-state index contributed by atoms with van der Waals surface area (Å²) in [4.78, 5) is 0.221. The van der Waals surface area contributed by atoms with Crippen molar-refractivity contribution in [2.24, 2.45) is 0 Å². The lowest BCUT2D eigenvalue weighted by Gasteiger charge is -2.22. The average molecular weight is 320 g/mol. The molecule has 2 N–H and O–H groups in total. The minimum absolute atomic E-state index is 0.221. The molecule has 1 aromatic carbocycles. The molecule has 0 spiro atoms. The van der Waals surface area contributed by atoms with Crippen LogP contribution in [0.25, 0.3) is 0 Å². The molecule has 17 heavy (non-hydrogen) atoms. The summed E-state index contributed by atoms with van der Waals surface area (Å²) in [6.45, 7) is 0.996. The van der Waals surface area contributed by atoms with Gasteiger partial charge >= 0.3 is 0 Å². The zero-order valence-electron chi connectivity index (χ0n) is 9.23. The third kappa shape index (κ3) is 2.64. The van der Waals surface area contributed by atoms with Crippen LogP contribution in [-0.2, 0) is 14.6 Å². The Bertz CT molecular complexity index is 509. The molecular weight excluding hydrogens is 306 g/mol. The van der Waals surface area contributed by atoms with Crippen LogP contribution in [0.15, 0.2) is 27.6 Å². The summed E-state index contributed by atoms with van der Waals surface area (Å²) in [5, 5.41) is -0.382. The first-order valence-corrected chi connectivity index (χ1v) is 7.72. The second-order valence-electron chi connectivity index (χ2n) is 4.04. The fraction of sp³-hybridized carbons (Fsp3) is 0.455. The molecule has 0 saturated carbocycles. The molecule has 0 bridgehead atoms. The molecule has 4 nitrogen and oxygen atoms in total. The van der Waals surface area contributed by atoms with Gasteiger partial charge in [-0.05, 0) is 31.0 Å². The molecule has 1 saturated heterocycles. The highest BCUT2D eigenvalue weighted by molar-refractivity contribution is 9.10. The summed E-state index contributed by atoms with van der Waals surface area (Å²) < 4.78 is 30.7. The van der Waals surface area contributed by atoms with Crippen molar-refractivity contribution in [3.05, 3.63) is 22.7 Å². The van der Waals surface area contributed by atoms with Gasteiger partial charge < -0.3 is 10.5 Å². The van der Waals surface area contributed by atoms with Crippen molar-refractivity contribution in [3.8, 4) is 0 Å². The maximum absolute atomic E-state index is 12.4.